The minimum atomic E-state index is -0.936. The number of aliphatic hydroxyl groups excluding tert-OH is 1. The van der Waals surface area contributed by atoms with Gasteiger partial charge in [-0.2, -0.15) is 0 Å². The van der Waals surface area contributed by atoms with Crippen molar-refractivity contribution >= 4 is 8.80 Å². The average Bonchev–Trinajstić information content (AvgIpc) is 2.05. The molecule has 0 bridgehead atoms. The second kappa shape index (κ2) is 3.69. The van der Waals surface area contributed by atoms with Crippen LogP contribution in [0.4, 0.5) is 0 Å². The summed E-state index contributed by atoms with van der Waals surface area (Å²) in [5.41, 5.74) is 0.880. The first-order valence-corrected chi connectivity index (χ1v) is 6.92. The van der Waals surface area contributed by atoms with E-state index in [0.29, 0.717) is 0 Å². The fourth-order valence-electron chi connectivity index (χ4n) is 1.04. The molecule has 0 radical (unpaired) electrons. The molecule has 60 valence electrons. The van der Waals surface area contributed by atoms with Crippen LogP contribution in [0.1, 0.15) is 11.3 Å². The predicted octanol–water partition coefficient (Wildman–Crippen LogP) is 1.75. The summed E-state index contributed by atoms with van der Waals surface area (Å²) >= 11 is 0. The molecule has 2 heteroatoms. The highest BCUT2D eigenvalue weighted by molar-refractivity contribution is 6.56. The van der Waals surface area contributed by atoms with Crippen molar-refractivity contribution < 1.29 is 5.11 Å². The van der Waals surface area contributed by atoms with Crippen molar-refractivity contribution in [3.63, 3.8) is 0 Å². The van der Waals surface area contributed by atoms with Gasteiger partial charge < -0.3 is 5.11 Å². The minimum absolute atomic E-state index is 0.184. The zero-order valence-corrected chi connectivity index (χ0v) is 8.14. The van der Waals surface area contributed by atoms with Crippen LogP contribution in [-0.4, -0.2) is 13.9 Å². The first-order chi connectivity index (χ1) is 5.22. The van der Waals surface area contributed by atoms with Crippen LogP contribution >= 0.6 is 0 Å². The summed E-state index contributed by atoms with van der Waals surface area (Å²) in [6, 6.07) is 9.87. The summed E-state index contributed by atoms with van der Waals surface area (Å²) in [5, 5.41) is 9.66. The summed E-state index contributed by atoms with van der Waals surface area (Å²) in [5.74, 6) is 0. The van der Waals surface area contributed by atoms with Gasteiger partial charge >= 0.3 is 0 Å². The van der Waals surface area contributed by atoms with Gasteiger partial charge in [0.25, 0.3) is 0 Å². The van der Waals surface area contributed by atoms with Crippen molar-refractivity contribution in [1.82, 2.24) is 0 Å². The van der Waals surface area contributed by atoms with Gasteiger partial charge in [-0.25, -0.2) is 0 Å². The van der Waals surface area contributed by atoms with Crippen molar-refractivity contribution in [2.75, 3.05) is 0 Å². The minimum Gasteiger partial charge on any atom is -0.392 e. The van der Waals surface area contributed by atoms with E-state index in [1.54, 1.807) is 0 Å². The molecule has 1 N–H and O–H groups in total. The Balaban J connectivity index is 2.77. The number of benzene rings is 1. The van der Waals surface area contributed by atoms with E-state index in [1.807, 2.05) is 30.3 Å². The third-order valence-corrected chi connectivity index (χ3v) is 3.42. The zero-order valence-electron chi connectivity index (χ0n) is 6.99. The number of aliphatic hydroxyl groups is 1. The lowest BCUT2D eigenvalue weighted by Gasteiger charge is -2.12. The van der Waals surface area contributed by atoms with Gasteiger partial charge in [0.2, 0.25) is 0 Å². The van der Waals surface area contributed by atoms with Crippen molar-refractivity contribution in [3.8, 4) is 0 Å². The van der Waals surface area contributed by atoms with Crippen LogP contribution in [0.2, 0.25) is 13.1 Å². The molecular weight excluding hydrogens is 152 g/mol. The van der Waals surface area contributed by atoms with Gasteiger partial charge in [-0.3, -0.25) is 0 Å². The topological polar surface area (TPSA) is 20.2 Å². The Kier molecular flexibility index (Phi) is 2.85. The number of rotatable bonds is 2. The van der Waals surface area contributed by atoms with Crippen LogP contribution in [0.25, 0.3) is 0 Å². The number of hydrogen-bond donors (Lipinski definition) is 1. The second-order valence-electron chi connectivity index (χ2n) is 3.10. The highest BCUT2D eigenvalue weighted by Crippen LogP contribution is 2.14. The normalized spacial score (nSPS) is 13.5. The third-order valence-electron chi connectivity index (χ3n) is 1.77. The highest BCUT2D eigenvalue weighted by Gasteiger charge is 2.11. The standard InChI is InChI=1S/C9H14OSi/c1-11(2)9(10)8-6-4-3-5-7-8/h3-7,9-11H,1-2H3. The van der Waals surface area contributed by atoms with Gasteiger partial charge in [0.05, 0.1) is 14.5 Å². The fraction of sp³-hybridized carbons (Fsp3) is 0.333. The first-order valence-electron chi connectivity index (χ1n) is 3.95. The van der Waals surface area contributed by atoms with Crippen LogP contribution in [0.3, 0.4) is 0 Å². The lowest BCUT2D eigenvalue weighted by molar-refractivity contribution is 0.254. The number of hydrogen-bond acceptors (Lipinski definition) is 1. The Morgan fingerprint density at radius 1 is 1.18 bits per heavy atom. The molecule has 1 aromatic carbocycles. The molecule has 0 amide bonds. The monoisotopic (exact) mass is 166 g/mol. The summed E-state index contributed by atoms with van der Waals surface area (Å²) in [6.07, 6.45) is 0. The Morgan fingerprint density at radius 2 is 1.73 bits per heavy atom. The van der Waals surface area contributed by atoms with Gasteiger partial charge in [-0.15, -0.1) is 0 Å². The maximum atomic E-state index is 9.66. The largest absolute Gasteiger partial charge is 0.392 e. The Labute approximate surface area is 69.3 Å². The fourth-order valence-corrected chi connectivity index (χ4v) is 2.03. The summed E-state index contributed by atoms with van der Waals surface area (Å²) < 4.78 is 0. The molecule has 0 aliphatic rings. The molecule has 0 fully saturated rings. The first kappa shape index (κ1) is 8.49. The average molecular weight is 166 g/mol. The zero-order chi connectivity index (χ0) is 8.27. The molecule has 1 rings (SSSR count). The molecule has 11 heavy (non-hydrogen) atoms. The molecule has 0 spiro atoms. The van der Waals surface area contributed by atoms with E-state index in [0.717, 1.165) is 5.56 Å². The van der Waals surface area contributed by atoms with E-state index in [1.165, 1.54) is 0 Å². The predicted molar refractivity (Wildman–Crippen MR) is 50.3 cm³/mol. The highest BCUT2D eigenvalue weighted by atomic mass is 28.3. The van der Waals surface area contributed by atoms with E-state index < -0.39 is 8.80 Å². The van der Waals surface area contributed by atoms with Crippen LogP contribution in [0, 0.1) is 0 Å². The Bertz CT molecular complexity index is 208. The van der Waals surface area contributed by atoms with Crippen LogP contribution in [-0.2, 0) is 0 Å². The van der Waals surface area contributed by atoms with E-state index in [4.69, 9.17) is 0 Å². The van der Waals surface area contributed by atoms with Gasteiger partial charge in [0.15, 0.2) is 0 Å². The Hall–Kier alpha value is -0.603. The molecule has 0 aliphatic carbocycles. The van der Waals surface area contributed by atoms with Gasteiger partial charge in [-0.05, 0) is 5.56 Å². The van der Waals surface area contributed by atoms with Gasteiger partial charge in [0.1, 0.15) is 0 Å². The summed E-state index contributed by atoms with van der Waals surface area (Å²) in [6.45, 7) is 4.30. The van der Waals surface area contributed by atoms with E-state index in [2.05, 4.69) is 13.1 Å². The van der Waals surface area contributed by atoms with Crippen molar-refractivity contribution in [2.45, 2.75) is 18.8 Å². The maximum absolute atomic E-state index is 9.66. The molecule has 0 heterocycles. The van der Waals surface area contributed by atoms with E-state index in [-0.39, 0.29) is 5.73 Å². The van der Waals surface area contributed by atoms with Crippen LogP contribution in [0.15, 0.2) is 30.3 Å². The molecule has 0 saturated carbocycles. The van der Waals surface area contributed by atoms with Gasteiger partial charge in [-0.1, -0.05) is 43.4 Å². The van der Waals surface area contributed by atoms with E-state index >= 15 is 0 Å². The SMILES string of the molecule is C[SiH](C)C(O)c1ccccc1. The van der Waals surface area contributed by atoms with Crippen LogP contribution in [0.5, 0.6) is 0 Å². The third kappa shape index (κ3) is 2.17. The lowest BCUT2D eigenvalue weighted by Crippen LogP contribution is -2.14. The molecular formula is C9H14OSi. The second-order valence-corrected chi connectivity index (χ2v) is 6.22. The van der Waals surface area contributed by atoms with Crippen LogP contribution < -0.4 is 0 Å². The summed E-state index contributed by atoms with van der Waals surface area (Å²) in [7, 11) is -0.936. The smallest absolute Gasteiger partial charge is 0.0709 e. The molecule has 1 unspecified atom stereocenters. The van der Waals surface area contributed by atoms with Gasteiger partial charge in [0, 0.05) is 0 Å². The lowest BCUT2D eigenvalue weighted by atomic mass is 10.2. The molecule has 0 aromatic heterocycles. The van der Waals surface area contributed by atoms with Crippen molar-refractivity contribution in [1.29, 1.82) is 0 Å². The molecule has 1 atom stereocenters. The molecule has 1 aromatic rings. The summed E-state index contributed by atoms with van der Waals surface area (Å²) in [4.78, 5) is 0. The molecule has 0 aliphatic heterocycles. The van der Waals surface area contributed by atoms with Crippen molar-refractivity contribution in [2.24, 2.45) is 0 Å². The van der Waals surface area contributed by atoms with E-state index in [9.17, 15) is 5.11 Å². The van der Waals surface area contributed by atoms with Crippen molar-refractivity contribution in [3.05, 3.63) is 35.9 Å². The Morgan fingerprint density at radius 3 is 2.18 bits per heavy atom. The molecule has 1 nitrogen and oxygen atoms in total. The quantitative estimate of drug-likeness (QED) is 0.664. The molecule has 0 saturated heterocycles. The maximum Gasteiger partial charge on any atom is 0.0709 e.